The van der Waals surface area contributed by atoms with Crippen molar-refractivity contribution in [1.82, 2.24) is 10.6 Å². The Labute approximate surface area is 164 Å². The van der Waals surface area contributed by atoms with Crippen molar-refractivity contribution in [3.63, 3.8) is 0 Å². The van der Waals surface area contributed by atoms with Gasteiger partial charge in [-0.1, -0.05) is 49.4 Å². The lowest BCUT2D eigenvalue weighted by molar-refractivity contribution is -0.140. The van der Waals surface area contributed by atoms with Crippen molar-refractivity contribution in [3.05, 3.63) is 77.0 Å². The molecule has 0 aromatic heterocycles. The Morgan fingerprint density at radius 2 is 1.79 bits per heavy atom. The minimum absolute atomic E-state index is 0.168. The lowest BCUT2D eigenvalue weighted by Crippen LogP contribution is -2.45. The van der Waals surface area contributed by atoms with E-state index in [9.17, 15) is 9.59 Å². The van der Waals surface area contributed by atoms with Gasteiger partial charge in [-0.3, -0.25) is 0 Å². The normalized spacial score (nSPS) is 16.2. The molecule has 0 aliphatic carbocycles. The van der Waals surface area contributed by atoms with Gasteiger partial charge in [-0.2, -0.15) is 0 Å². The van der Waals surface area contributed by atoms with Gasteiger partial charge in [0.2, 0.25) is 0 Å². The number of carbonyl (C=O) groups is 2. The van der Waals surface area contributed by atoms with E-state index < -0.39 is 12.0 Å². The molecule has 1 aliphatic rings. The second-order valence-electron chi connectivity index (χ2n) is 6.55. The molecule has 146 valence electrons. The highest BCUT2D eigenvalue weighted by atomic mass is 16.5. The number of nitrogens with one attached hydrogen (secondary N) is 2. The summed E-state index contributed by atoms with van der Waals surface area (Å²) < 4.78 is 11.1. The maximum Gasteiger partial charge on any atom is 0.338 e. The van der Waals surface area contributed by atoms with Crippen LogP contribution in [0.1, 0.15) is 37.4 Å². The Morgan fingerprint density at radius 3 is 2.46 bits per heavy atom. The number of carbonyl (C=O) groups excluding carboxylic acids is 2. The number of ether oxygens (including phenoxy) is 2. The number of hydrogen-bond acceptors (Lipinski definition) is 4. The van der Waals surface area contributed by atoms with E-state index in [4.69, 9.17) is 9.47 Å². The fraction of sp³-hybridized carbons (Fsp3) is 0.273. The van der Waals surface area contributed by atoms with Crippen molar-refractivity contribution in [2.75, 3.05) is 6.61 Å². The van der Waals surface area contributed by atoms with Gasteiger partial charge in [0.15, 0.2) is 0 Å². The minimum atomic E-state index is -0.586. The second-order valence-corrected chi connectivity index (χ2v) is 6.55. The molecule has 1 aliphatic heterocycles. The molecule has 3 rings (SSSR count). The summed E-state index contributed by atoms with van der Waals surface area (Å²) in [6, 6.07) is 15.9. The van der Waals surface area contributed by atoms with Crippen LogP contribution in [-0.2, 0) is 16.1 Å². The Hall–Kier alpha value is -3.28. The first-order chi connectivity index (χ1) is 13.6. The van der Waals surface area contributed by atoms with Crippen LogP contribution < -0.4 is 15.4 Å². The molecular weight excluding hydrogens is 356 g/mol. The first kappa shape index (κ1) is 19.5. The molecule has 0 fully saturated rings. The van der Waals surface area contributed by atoms with Gasteiger partial charge in [-0.25, -0.2) is 9.59 Å². The van der Waals surface area contributed by atoms with Crippen LogP contribution in [0.4, 0.5) is 4.79 Å². The van der Waals surface area contributed by atoms with E-state index in [2.05, 4.69) is 10.6 Å². The number of hydrogen-bond donors (Lipinski definition) is 2. The van der Waals surface area contributed by atoms with Crippen LogP contribution >= 0.6 is 0 Å². The third-order valence-corrected chi connectivity index (χ3v) is 4.39. The third kappa shape index (κ3) is 4.71. The van der Waals surface area contributed by atoms with Crippen molar-refractivity contribution in [2.24, 2.45) is 0 Å². The molecule has 1 heterocycles. The highest BCUT2D eigenvalue weighted by Crippen LogP contribution is 2.29. The monoisotopic (exact) mass is 380 g/mol. The standard InChI is InChI=1S/C22H24N2O4/c1-3-13-27-18-11-9-17(10-12-18)20-19(15(2)23-22(26)24-20)21(25)28-14-16-7-5-4-6-8-16/h4-12,20H,3,13-14H2,1-2H3,(H2,23,24,26). The van der Waals surface area contributed by atoms with E-state index in [1.165, 1.54) is 0 Å². The van der Waals surface area contributed by atoms with Crippen LogP contribution in [0.5, 0.6) is 5.75 Å². The maximum atomic E-state index is 12.8. The molecule has 0 saturated heterocycles. The van der Waals surface area contributed by atoms with E-state index in [0.717, 1.165) is 23.3 Å². The summed E-state index contributed by atoms with van der Waals surface area (Å²) >= 11 is 0. The summed E-state index contributed by atoms with van der Waals surface area (Å²) in [4.78, 5) is 24.8. The molecule has 0 radical (unpaired) electrons. The zero-order chi connectivity index (χ0) is 19.9. The minimum Gasteiger partial charge on any atom is -0.494 e. The first-order valence-corrected chi connectivity index (χ1v) is 9.30. The average Bonchev–Trinajstić information content (AvgIpc) is 2.71. The van der Waals surface area contributed by atoms with E-state index in [0.29, 0.717) is 17.9 Å². The number of esters is 1. The average molecular weight is 380 g/mol. The van der Waals surface area contributed by atoms with Gasteiger partial charge in [-0.15, -0.1) is 0 Å². The fourth-order valence-electron chi connectivity index (χ4n) is 2.99. The number of benzene rings is 2. The summed E-state index contributed by atoms with van der Waals surface area (Å²) in [7, 11) is 0. The molecule has 2 N–H and O–H groups in total. The topological polar surface area (TPSA) is 76.7 Å². The van der Waals surface area contributed by atoms with E-state index in [1.807, 2.05) is 61.5 Å². The van der Waals surface area contributed by atoms with E-state index in [-0.39, 0.29) is 12.6 Å². The smallest absolute Gasteiger partial charge is 0.338 e. The van der Waals surface area contributed by atoms with Gasteiger partial charge >= 0.3 is 12.0 Å². The number of rotatable bonds is 7. The Morgan fingerprint density at radius 1 is 1.07 bits per heavy atom. The Balaban J connectivity index is 1.79. The van der Waals surface area contributed by atoms with Crippen molar-refractivity contribution in [3.8, 4) is 5.75 Å². The van der Waals surface area contributed by atoms with Crippen molar-refractivity contribution < 1.29 is 19.1 Å². The van der Waals surface area contributed by atoms with Gasteiger partial charge in [-0.05, 0) is 36.6 Å². The molecule has 2 amide bonds. The maximum absolute atomic E-state index is 12.8. The molecule has 0 saturated carbocycles. The molecule has 0 spiro atoms. The zero-order valence-corrected chi connectivity index (χ0v) is 16.0. The van der Waals surface area contributed by atoms with Crippen molar-refractivity contribution in [2.45, 2.75) is 32.9 Å². The van der Waals surface area contributed by atoms with Crippen LogP contribution in [0.2, 0.25) is 0 Å². The largest absolute Gasteiger partial charge is 0.494 e. The molecule has 6 heteroatoms. The molecular formula is C22H24N2O4. The van der Waals surface area contributed by atoms with Gasteiger partial charge in [0.1, 0.15) is 12.4 Å². The number of allylic oxidation sites excluding steroid dienone is 1. The van der Waals surface area contributed by atoms with Crippen LogP contribution in [0.15, 0.2) is 65.9 Å². The Kier molecular flexibility index (Phi) is 6.32. The molecule has 6 nitrogen and oxygen atoms in total. The molecule has 28 heavy (non-hydrogen) atoms. The lowest BCUT2D eigenvalue weighted by atomic mass is 9.95. The fourth-order valence-corrected chi connectivity index (χ4v) is 2.99. The van der Waals surface area contributed by atoms with Gasteiger partial charge in [0, 0.05) is 5.70 Å². The molecule has 1 unspecified atom stereocenters. The van der Waals surface area contributed by atoms with Crippen LogP contribution in [-0.4, -0.2) is 18.6 Å². The SMILES string of the molecule is CCCOc1ccc(C2NC(=O)NC(C)=C2C(=O)OCc2ccccc2)cc1. The van der Waals surface area contributed by atoms with Crippen LogP contribution in [0.25, 0.3) is 0 Å². The van der Waals surface area contributed by atoms with Gasteiger partial charge in [0.05, 0.1) is 18.2 Å². The zero-order valence-electron chi connectivity index (χ0n) is 16.0. The van der Waals surface area contributed by atoms with E-state index >= 15 is 0 Å². The number of urea groups is 1. The predicted molar refractivity (Wildman–Crippen MR) is 106 cm³/mol. The predicted octanol–water partition coefficient (Wildman–Crippen LogP) is 3.85. The quantitative estimate of drug-likeness (QED) is 0.716. The van der Waals surface area contributed by atoms with Crippen LogP contribution in [0.3, 0.4) is 0 Å². The molecule has 1 atom stereocenters. The summed E-state index contributed by atoms with van der Waals surface area (Å²) in [5.41, 5.74) is 2.55. The molecule has 2 aromatic carbocycles. The molecule has 2 aromatic rings. The summed E-state index contributed by atoms with van der Waals surface area (Å²) in [5, 5.41) is 5.46. The highest BCUT2D eigenvalue weighted by molar-refractivity contribution is 5.95. The van der Waals surface area contributed by atoms with Gasteiger partial charge in [0.25, 0.3) is 0 Å². The van der Waals surface area contributed by atoms with Gasteiger partial charge < -0.3 is 20.1 Å². The van der Waals surface area contributed by atoms with E-state index in [1.54, 1.807) is 6.92 Å². The molecule has 0 bridgehead atoms. The third-order valence-electron chi connectivity index (χ3n) is 4.39. The Bertz CT molecular complexity index is 860. The van der Waals surface area contributed by atoms with Crippen molar-refractivity contribution in [1.29, 1.82) is 0 Å². The first-order valence-electron chi connectivity index (χ1n) is 9.30. The summed E-state index contributed by atoms with van der Waals surface area (Å²) in [6.07, 6.45) is 0.922. The lowest BCUT2D eigenvalue weighted by Gasteiger charge is -2.28. The van der Waals surface area contributed by atoms with Crippen LogP contribution in [0, 0.1) is 0 Å². The summed E-state index contributed by atoms with van der Waals surface area (Å²) in [5.74, 6) is 0.282. The highest BCUT2D eigenvalue weighted by Gasteiger charge is 2.32. The number of amides is 2. The second kappa shape index (κ2) is 9.08. The summed E-state index contributed by atoms with van der Waals surface area (Å²) in [6.45, 7) is 4.55. The van der Waals surface area contributed by atoms with Crippen molar-refractivity contribution >= 4 is 12.0 Å².